The Morgan fingerprint density at radius 3 is 2.73 bits per heavy atom. The fraction of sp³-hybridized carbons (Fsp3) is 0.0667. The highest BCUT2D eigenvalue weighted by atomic mass is 16.6. The van der Waals surface area contributed by atoms with Crippen molar-refractivity contribution in [3.63, 3.8) is 0 Å². The third-order valence-corrected chi connectivity index (χ3v) is 3.17. The molecule has 1 amide bonds. The molecule has 0 bridgehead atoms. The van der Waals surface area contributed by atoms with Crippen molar-refractivity contribution < 1.29 is 9.72 Å². The van der Waals surface area contributed by atoms with E-state index in [1.54, 1.807) is 0 Å². The molecule has 22 heavy (non-hydrogen) atoms. The molecule has 7 nitrogen and oxygen atoms in total. The van der Waals surface area contributed by atoms with Gasteiger partial charge in [-0.3, -0.25) is 19.6 Å². The van der Waals surface area contributed by atoms with Gasteiger partial charge >= 0.3 is 5.69 Å². The topological polar surface area (TPSA) is 90.1 Å². The van der Waals surface area contributed by atoms with E-state index in [1.807, 2.05) is 42.5 Å². The number of nitrogens with zero attached hydrogens (tertiary/aromatic N) is 3. The summed E-state index contributed by atoms with van der Waals surface area (Å²) in [5.74, 6) is -0.298. The van der Waals surface area contributed by atoms with Crippen molar-refractivity contribution in [1.82, 2.24) is 9.78 Å². The van der Waals surface area contributed by atoms with E-state index in [-0.39, 0.29) is 18.1 Å². The molecule has 7 heteroatoms. The molecular formula is C15H12N4O3. The lowest BCUT2D eigenvalue weighted by molar-refractivity contribution is -0.385. The molecule has 2 aromatic carbocycles. The minimum absolute atomic E-state index is 0.0827. The SMILES string of the molecule is O=C(Cn1cc([N+](=O)[O-])cn1)Nc1ccc2ccccc2c1. The van der Waals surface area contributed by atoms with E-state index in [1.165, 1.54) is 10.9 Å². The van der Waals surface area contributed by atoms with Gasteiger partial charge < -0.3 is 5.32 Å². The Morgan fingerprint density at radius 2 is 2.00 bits per heavy atom. The van der Waals surface area contributed by atoms with E-state index >= 15 is 0 Å². The van der Waals surface area contributed by atoms with Crippen LogP contribution in [0.4, 0.5) is 11.4 Å². The number of hydrogen-bond acceptors (Lipinski definition) is 4. The Bertz CT molecular complexity index is 857. The van der Waals surface area contributed by atoms with Gasteiger partial charge in [0, 0.05) is 5.69 Å². The van der Waals surface area contributed by atoms with Crippen molar-refractivity contribution in [2.24, 2.45) is 0 Å². The van der Waals surface area contributed by atoms with Crippen molar-refractivity contribution in [2.75, 3.05) is 5.32 Å². The summed E-state index contributed by atoms with van der Waals surface area (Å²) in [4.78, 5) is 22.0. The third kappa shape index (κ3) is 2.93. The molecule has 0 saturated carbocycles. The van der Waals surface area contributed by atoms with Gasteiger partial charge in [-0.05, 0) is 22.9 Å². The summed E-state index contributed by atoms with van der Waals surface area (Å²) in [5, 5.41) is 19.2. The highest BCUT2D eigenvalue weighted by Crippen LogP contribution is 2.18. The highest BCUT2D eigenvalue weighted by Gasteiger charge is 2.11. The normalized spacial score (nSPS) is 10.5. The quantitative estimate of drug-likeness (QED) is 0.592. The molecule has 0 spiro atoms. The number of rotatable bonds is 4. The number of hydrogen-bond donors (Lipinski definition) is 1. The number of nitrogens with one attached hydrogen (secondary N) is 1. The first kappa shape index (κ1) is 13.7. The maximum atomic E-state index is 12.0. The van der Waals surface area contributed by atoms with Crippen LogP contribution < -0.4 is 5.32 Å². The second-order valence-corrected chi connectivity index (χ2v) is 4.76. The largest absolute Gasteiger partial charge is 0.324 e. The van der Waals surface area contributed by atoms with Crippen molar-refractivity contribution in [3.05, 3.63) is 65.0 Å². The average molecular weight is 296 g/mol. The van der Waals surface area contributed by atoms with E-state index in [4.69, 9.17) is 0 Å². The zero-order valence-corrected chi connectivity index (χ0v) is 11.5. The second-order valence-electron chi connectivity index (χ2n) is 4.76. The number of nitro groups is 1. The van der Waals surface area contributed by atoms with Crippen LogP contribution in [0.5, 0.6) is 0 Å². The van der Waals surface area contributed by atoms with Gasteiger partial charge in [0.05, 0.1) is 4.92 Å². The molecular weight excluding hydrogens is 284 g/mol. The van der Waals surface area contributed by atoms with E-state index in [0.29, 0.717) is 5.69 Å². The lowest BCUT2D eigenvalue weighted by Gasteiger charge is -2.06. The Hall–Kier alpha value is -3.22. The Labute approximate surface area is 125 Å². The first-order valence-corrected chi connectivity index (χ1v) is 6.57. The number of anilines is 1. The van der Waals surface area contributed by atoms with Crippen LogP contribution in [0.15, 0.2) is 54.9 Å². The summed E-state index contributed by atoms with van der Waals surface area (Å²) in [5.41, 5.74) is 0.531. The maximum absolute atomic E-state index is 12.0. The van der Waals surface area contributed by atoms with Gasteiger partial charge in [-0.2, -0.15) is 5.10 Å². The smallest absolute Gasteiger partial charge is 0.307 e. The van der Waals surface area contributed by atoms with Crippen LogP contribution in [0.2, 0.25) is 0 Å². The van der Waals surface area contributed by atoms with Gasteiger partial charge in [0.25, 0.3) is 0 Å². The first-order valence-electron chi connectivity index (χ1n) is 6.57. The van der Waals surface area contributed by atoms with E-state index in [9.17, 15) is 14.9 Å². The lowest BCUT2D eigenvalue weighted by Crippen LogP contribution is -2.18. The van der Waals surface area contributed by atoms with Crippen molar-refractivity contribution in [2.45, 2.75) is 6.54 Å². The van der Waals surface area contributed by atoms with Crippen LogP contribution in [0.25, 0.3) is 10.8 Å². The Morgan fingerprint density at radius 1 is 1.23 bits per heavy atom. The standard InChI is InChI=1S/C15H12N4O3/c20-15(10-18-9-14(8-16-18)19(21)22)17-13-6-5-11-3-1-2-4-12(11)7-13/h1-9H,10H2,(H,17,20). The van der Waals surface area contributed by atoms with Gasteiger partial charge in [0.1, 0.15) is 18.9 Å². The predicted octanol–water partition coefficient (Wildman–Crippen LogP) is 2.58. The van der Waals surface area contributed by atoms with Gasteiger partial charge in [0.15, 0.2) is 0 Å². The number of amides is 1. The molecule has 0 fully saturated rings. The molecule has 0 unspecified atom stereocenters. The van der Waals surface area contributed by atoms with Gasteiger partial charge in [-0.15, -0.1) is 0 Å². The van der Waals surface area contributed by atoms with Crippen LogP contribution in [0.3, 0.4) is 0 Å². The van der Waals surface area contributed by atoms with Gasteiger partial charge in [-0.1, -0.05) is 30.3 Å². The van der Waals surface area contributed by atoms with Crippen LogP contribution in [0, 0.1) is 10.1 Å². The van der Waals surface area contributed by atoms with Crippen molar-refractivity contribution >= 4 is 28.1 Å². The molecule has 0 aliphatic heterocycles. The molecule has 0 saturated heterocycles. The Kier molecular flexibility index (Phi) is 3.53. The van der Waals surface area contributed by atoms with E-state index in [2.05, 4.69) is 10.4 Å². The summed E-state index contributed by atoms with van der Waals surface area (Å²) in [6, 6.07) is 13.4. The first-order chi connectivity index (χ1) is 10.6. The summed E-state index contributed by atoms with van der Waals surface area (Å²) in [6.07, 6.45) is 2.34. The van der Waals surface area contributed by atoms with Crippen molar-refractivity contribution in [3.8, 4) is 0 Å². The average Bonchev–Trinajstić information content (AvgIpc) is 2.95. The lowest BCUT2D eigenvalue weighted by atomic mass is 10.1. The Balaban J connectivity index is 1.70. The maximum Gasteiger partial charge on any atom is 0.307 e. The number of carbonyl (C=O) groups excluding carboxylic acids is 1. The molecule has 0 radical (unpaired) electrons. The zero-order chi connectivity index (χ0) is 15.5. The second kappa shape index (κ2) is 5.65. The summed E-state index contributed by atoms with van der Waals surface area (Å²) in [7, 11) is 0. The predicted molar refractivity (Wildman–Crippen MR) is 81.5 cm³/mol. The molecule has 3 rings (SSSR count). The number of aromatic nitrogens is 2. The third-order valence-electron chi connectivity index (χ3n) is 3.17. The zero-order valence-electron chi connectivity index (χ0n) is 11.5. The molecule has 3 aromatic rings. The number of fused-ring (bicyclic) bond motifs is 1. The molecule has 0 atom stereocenters. The van der Waals surface area contributed by atoms with Crippen LogP contribution in [0.1, 0.15) is 0 Å². The fourth-order valence-corrected chi connectivity index (χ4v) is 2.15. The van der Waals surface area contributed by atoms with Crippen LogP contribution in [-0.2, 0) is 11.3 Å². The minimum atomic E-state index is -0.551. The van der Waals surface area contributed by atoms with Crippen LogP contribution >= 0.6 is 0 Å². The van der Waals surface area contributed by atoms with E-state index in [0.717, 1.165) is 17.0 Å². The monoisotopic (exact) mass is 296 g/mol. The molecule has 0 aliphatic carbocycles. The van der Waals surface area contributed by atoms with Gasteiger partial charge in [-0.25, -0.2) is 0 Å². The molecule has 1 heterocycles. The summed E-state index contributed by atoms with van der Waals surface area (Å²) < 4.78 is 1.23. The number of carbonyl (C=O) groups is 1. The molecule has 110 valence electrons. The minimum Gasteiger partial charge on any atom is -0.324 e. The van der Waals surface area contributed by atoms with Crippen LogP contribution in [-0.4, -0.2) is 20.6 Å². The summed E-state index contributed by atoms with van der Waals surface area (Å²) >= 11 is 0. The number of benzene rings is 2. The molecule has 1 N–H and O–H groups in total. The molecule has 0 aliphatic rings. The highest BCUT2D eigenvalue weighted by molar-refractivity contribution is 5.94. The van der Waals surface area contributed by atoms with Gasteiger partial charge in [0.2, 0.25) is 5.91 Å². The van der Waals surface area contributed by atoms with Crippen molar-refractivity contribution in [1.29, 1.82) is 0 Å². The fourth-order valence-electron chi connectivity index (χ4n) is 2.15. The summed E-state index contributed by atoms with van der Waals surface area (Å²) in [6.45, 7) is -0.0827. The molecule has 1 aromatic heterocycles. The van der Waals surface area contributed by atoms with E-state index < -0.39 is 4.92 Å².